The van der Waals surface area contributed by atoms with Crippen LogP contribution < -0.4 is 10.1 Å². The molecule has 3 aromatic rings. The molecule has 146 valence electrons. The standard InChI is InChI=1S/C25H24N2O2/c1-3-22(25(28)27-21-13-12-19-15-26-16-20(19)14-21)17-8-10-18(11-9-17)23-6-4-5-7-24(23)29-2/h4-14,16,22H,3,15H2,1-2H3,(H,27,28). The van der Waals surface area contributed by atoms with Crippen LogP contribution in [0.4, 0.5) is 5.69 Å². The third kappa shape index (κ3) is 3.92. The van der Waals surface area contributed by atoms with Crippen LogP contribution in [0.5, 0.6) is 5.75 Å². The lowest BCUT2D eigenvalue weighted by Crippen LogP contribution is -2.20. The van der Waals surface area contributed by atoms with E-state index in [1.807, 2.05) is 67.7 Å². The molecule has 1 aliphatic rings. The summed E-state index contributed by atoms with van der Waals surface area (Å²) in [5.41, 5.74) is 6.20. The summed E-state index contributed by atoms with van der Waals surface area (Å²) < 4.78 is 5.46. The third-order valence-corrected chi connectivity index (χ3v) is 5.36. The van der Waals surface area contributed by atoms with Crippen molar-refractivity contribution in [2.24, 2.45) is 4.99 Å². The van der Waals surface area contributed by atoms with Gasteiger partial charge in [-0.15, -0.1) is 0 Å². The predicted octanol–water partition coefficient (Wildman–Crippen LogP) is 5.43. The molecule has 4 heteroatoms. The molecular weight excluding hydrogens is 360 g/mol. The number of hydrogen-bond acceptors (Lipinski definition) is 3. The highest BCUT2D eigenvalue weighted by Gasteiger charge is 2.20. The number of methoxy groups -OCH3 is 1. The number of carbonyl (C=O) groups excluding carboxylic acids is 1. The van der Waals surface area contributed by atoms with E-state index in [0.717, 1.165) is 46.7 Å². The van der Waals surface area contributed by atoms with Gasteiger partial charge in [-0.2, -0.15) is 0 Å². The number of aliphatic imine (C=N–C) groups is 1. The summed E-state index contributed by atoms with van der Waals surface area (Å²) in [7, 11) is 1.68. The van der Waals surface area contributed by atoms with E-state index in [-0.39, 0.29) is 11.8 Å². The van der Waals surface area contributed by atoms with E-state index in [0.29, 0.717) is 0 Å². The first-order chi connectivity index (χ1) is 14.2. The van der Waals surface area contributed by atoms with Crippen molar-refractivity contribution in [3.63, 3.8) is 0 Å². The van der Waals surface area contributed by atoms with Gasteiger partial charge in [-0.1, -0.05) is 55.5 Å². The fourth-order valence-electron chi connectivity index (χ4n) is 3.76. The zero-order chi connectivity index (χ0) is 20.2. The minimum Gasteiger partial charge on any atom is -0.496 e. The topological polar surface area (TPSA) is 50.7 Å². The van der Waals surface area contributed by atoms with E-state index in [2.05, 4.69) is 22.4 Å². The number of rotatable bonds is 6. The minimum absolute atomic E-state index is 0.00688. The number of anilines is 1. The predicted molar refractivity (Wildman–Crippen MR) is 118 cm³/mol. The van der Waals surface area contributed by atoms with Crippen molar-refractivity contribution in [2.75, 3.05) is 12.4 Å². The van der Waals surface area contributed by atoms with Crippen molar-refractivity contribution in [1.82, 2.24) is 0 Å². The first-order valence-electron chi connectivity index (χ1n) is 9.86. The van der Waals surface area contributed by atoms with Gasteiger partial charge in [-0.05, 0) is 46.9 Å². The molecule has 4 rings (SSSR count). The summed E-state index contributed by atoms with van der Waals surface area (Å²) in [5, 5.41) is 3.07. The Labute approximate surface area is 171 Å². The van der Waals surface area contributed by atoms with Crippen molar-refractivity contribution in [2.45, 2.75) is 25.8 Å². The van der Waals surface area contributed by atoms with Gasteiger partial charge in [0.1, 0.15) is 5.75 Å². The van der Waals surface area contributed by atoms with Gasteiger partial charge in [0, 0.05) is 17.5 Å². The first kappa shape index (κ1) is 18.9. The van der Waals surface area contributed by atoms with E-state index in [9.17, 15) is 4.79 Å². The molecule has 0 aliphatic carbocycles. The van der Waals surface area contributed by atoms with E-state index >= 15 is 0 Å². The monoisotopic (exact) mass is 384 g/mol. The Balaban J connectivity index is 1.53. The highest BCUT2D eigenvalue weighted by atomic mass is 16.5. The highest BCUT2D eigenvalue weighted by Crippen LogP contribution is 2.31. The Morgan fingerprint density at radius 1 is 1.10 bits per heavy atom. The normalized spacial score (nSPS) is 13.0. The van der Waals surface area contributed by atoms with Crippen molar-refractivity contribution >= 4 is 17.8 Å². The number of para-hydroxylation sites is 1. The molecule has 0 radical (unpaired) electrons. The van der Waals surface area contributed by atoms with Crippen LogP contribution in [0, 0.1) is 0 Å². The number of fused-ring (bicyclic) bond motifs is 1. The fourth-order valence-corrected chi connectivity index (χ4v) is 3.76. The summed E-state index contributed by atoms with van der Waals surface area (Å²) in [5.74, 6) is 0.640. The van der Waals surface area contributed by atoms with E-state index in [1.54, 1.807) is 7.11 Å². The van der Waals surface area contributed by atoms with Gasteiger partial charge in [0.05, 0.1) is 19.6 Å². The Hall–Kier alpha value is -3.40. The number of nitrogens with zero attached hydrogens (tertiary/aromatic N) is 1. The van der Waals surface area contributed by atoms with Gasteiger partial charge in [0.15, 0.2) is 0 Å². The summed E-state index contributed by atoms with van der Waals surface area (Å²) in [6, 6.07) is 22.1. The van der Waals surface area contributed by atoms with Crippen molar-refractivity contribution < 1.29 is 9.53 Å². The zero-order valence-electron chi connectivity index (χ0n) is 16.7. The van der Waals surface area contributed by atoms with Crippen LogP contribution in [0.1, 0.15) is 36.0 Å². The molecule has 0 bridgehead atoms. The molecule has 0 aromatic heterocycles. The molecular formula is C25H24N2O2. The molecule has 3 aromatic carbocycles. The van der Waals surface area contributed by atoms with Crippen LogP contribution >= 0.6 is 0 Å². The number of benzene rings is 3. The van der Waals surface area contributed by atoms with Crippen LogP contribution in [0.25, 0.3) is 11.1 Å². The number of ether oxygens (including phenoxy) is 1. The van der Waals surface area contributed by atoms with Crippen LogP contribution in [-0.4, -0.2) is 19.2 Å². The lowest BCUT2D eigenvalue weighted by Gasteiger charge is -2.17. The van der Waals surface area contributed by atoms with Gasteiger partial charge in [0.25, 0.3) is 0 Å². The minimum atomic E-state index is -0.205. The molecule has 0 fully saturated rings. The Kier molecular flexibility index (Phi) is 5.43. The van der Waals surface area contributed by atoms with Gasteiger partial charge < -0.3 is 10.1 Å². The lowest BCUT2D eigenvalue weighted by atomic mass is 9.93. The molecule has 0 saturated heterocycles. The van der Waals surface area contributed by atoms with Gasteiger partial charge >= 0.3 is 0 Å². The van der Waals surface area contributed by atoms with Crippen molar-refractivity contribution in [1.29, 1.82) is 0 Å². The van der Waals surface area contributed by atoms with E-state index in [4.69, 9.17) is 4.74 Å². The Morgan fingerprint density at radius 2 is 1.90 bits per heavy atom. The lowest BCUT2D eigenvalue weighted by molar-refractivity contribution is -0.117. The summed E-state index contributed by atoms with van der Waals surface area (Å²) >= 11 is 0. The number of nitrogens with one attached hydrogen (secondary N) is 1. The van der Waals surface area contributed by atoms with Gasteiger partial charge in [-0.25, -0.2) is 0 Å². The smallest absolute Gasteiger partial charge is 0.231 e. The third-order valence-electron chi connectivity index (χ3n) is 5.36. The molecule has 0 saturated carbocycles. The molecule has 1 atom stereocenters. The number of hydrogen-bond donors (Lipinski definition) is 1. The summed E-state index contributed by atoms with van der Waals surface area (Å²) in [4.78, 5) is 17.2. The SMILES string of the molecule is CCC(C(=O)Nc1ccc2c(c1)C=NC2)c1ccc(-c2ccccc2OC)cc1. The summed E-state index contributed by atoms with van der Waals surface area (Å²) in [6.45, 7) is 2.76. The van der Waals surface area contributed by atoms with Gasteiger partial charge in [-0.3, -0.25) is 9.79 Å². The maximum atomic E-state index is 12.9. The Morgan fingerprint density at radius 3 is 2.66 bits per heavy atom. The molecule has 0 spiro atoms. The highest BCUT2D eigenvalue weighted by molar-refractivity contribution is 5.97. The largest absolute Gasteiger partial charge is 0.496 e. The van der Waals surface area contributed by atoms with Crippen LogP contribution in [0.2, 0.25) is 0 Å². The quantitative estimate of drug-likeness (QED) is 0.616. The van der Waals surface area contributed by atoms with Gasteiger partial charge in [0.2, 0.25) is 5.91 Å². The molecule has 4 nitrogen and oxygen atoms in total. The second-order valence-electron chi connectivity index (χ2n) is 7.16. The molecule has 1 aliphatic heterocycles. The molecule has 1 amide bonds. The number of amides is 1. The van der Waals surface area contributed by atoms with Crippen LogP contribution in [0.3, 0.4) is 0 Å². The van der Waals surface area contributed by atoms with Crippen LogP contribution in [-0.2, 0) is 11.3 Å². The second kappa shape index (κ2) is 8.31. The van der Waals surface area contributed by atoms with Crippen molar-refractivity contribution in [3.8, 4) is 16.9 Å². The van der Waals surface area contributed by atoms with Crippen molar-refractivity contribution in [3.05, 3.63) is 83.4 Å². The zero-order valence-corrected chi connectivity index (χ0v) is 16.7. The molecule has 1 unspecified atom stereocenters. The molecule has 1 N–H and O–H groups in total. The average molecular weight is 384 g/mol. The molecule has 29 heavy (non-hydrogen) atoms. The Bertz CT molecular complexity index is 1050. The summed E-state index contributed by atoms with van der Waals surface area (Å²) in [6.07, 6.45) is 2.59. The van der Waals surface area contributed by atoms with E-state index < -0.39 is 0 Å². The fraction of sp³-hybridized carbons (Fsp3) is 0.200. The van der Waals surface area contributed by atoms with E-state index in [1.165, 1.54) is 5.56 Å². The molecule has 1 heterocycles. The average Bonchev–Trinajstić information content (AvgIpc) is 3.22. The van der Waals surface area contributed by atoms with Crippen LogP contribution in [0.15, 0.2) is 71.7 Å². The maximum Gasteiger partial charge on any atom is 0.231 e. The maximum absolute atomic E-state index is 12.9. The second-order valence-corrected chi connectivity index (χ2v) is 7.16. The number of carbonyl (C=O) groups is 1. The first-order valence-corrected chi connectivity index (χ1v) is 9.86.